The molecule has 0 bridgehead atoms. The van der Waals surface area contributed by atoms with Crippen LogP contribution < -0.4 is 10.6 Å². The predicted molar refractivity (Wildman–Crippen MR) is 111 cm³/mol. The minimum atomic E-state index is -2.86. The van der Waals surface area contributed by atoms with Gasteiger partial charge in [0.15, 0.2) is 15.8 Å². The molecule has 0 saturated carbocycles. The van der Waals surface area contributed by atoms with Crippen molar-refractivity contribution in [2.24, 2.45) is 4.99 Å². The number of hydrogen-bond acceptors (Lipinski definition) is 5. The minimum Gasteiger partial charge on any atom is -0.357 e. The average Bonchev–Trinajstić information content (AvgIpc) is 3.04. The maximum atomic E-state index is 11.5. The molecule has 9 heteroatoms. The van der Waals surface area contributed by atoms with Crippen molar-refractivity contribution in [1.82, 2.24) is 15.6 Å². The molecule has 1 atom stereocenters. The van der Waals surface area contributed by atoms with Crippen LogP contribution in [0.3, 0.4) is 0 Å². The Hall–Kier alpha value is -0.420. The molecule has 24 heavy (non-hydrogen) atoms. The van der Waals surface area contributed by atoms with Crippen LogP contribution in [-0.2, 0) is 16.3 Å². The van der Waals surface area contributed by atoms with Crippen molar-refractivity contribution < 1.29 is 8.42 Å². The molecule has 0 amide bonds. The highest BCUT2D eigenvalue weighted by atomic mass is 127. The Morgan fingerprint density at radius 3 is 2.83 bits per heavy atom. The largest absolute Gasteiger partial charge is 0.357 e. The highest BCUT2D eigenvalue weighted by molar-refractivity contribution is 14.0. The van der Waals surface area contributed by atoms with E-state index >= 15 is 0 Å². The molecule has 0 radical (unpaired) electrons. The zero-order valence-corrected chi connectivity index (χ0v) is 18.2. The van der Waals surface area contributed by atoms with E-state index in [1.165, 1.54) is 5.01 Å². The van der Waals surface area contributed by atoms with Gasteiger partial charge in [-0.1, -0.05) is 0 Å². The van der Waals surface area contributed by atoms with Crippen LogP contribution in [0, 0.1) is 6.92 Å². The van der Waals surface area contributed by atoms with E-state index in [0.717, 1.165) is 44.0 Å². The molecular weight excluding hydrogens is 459 g/mol. The van der Waals surface area contributed by atoms with Gasteiger partial charge in [0.25, 0.3) is 0 Å². The zero-order valence-electron chi connectivity index (χ0n) is 14.2. The molecule has 1 saturated heterocycles. The van der Waals surface area contributed by atoms with Crippen LogP contribution >= 0.6 is 35.3 Å². The summed E-state index contributed by atoms with van der Waals surface area (Å²) < 4.78 is 23.0. The molecule has 6 nitrogen and oxygen atoms in total. The highest BCUT2D eigenvalue weighted by Crippen LogP contribution is 2.12. The van der Waals surface area contributed by atoms with Gasteiger partial charge in [-0.3, -0.25) is 4.99 Å². The summed E-state index contributed by atoms with van der Waals surface area (Å²) in [5.74, 6) is 1.21. The van der Waals surface area contributed by atoms with Crippen LogP contribution in [0.2, 0.25) is 0 Å². The third kappa shape index (κ3) is 7.64. The van der Waals surface area contributed by atoms with E-state index in [1.54, 1.807) is 11.3 Å². The van der Waals surface area contributed by atoms with E-state index in [9.17, 15) is 8.42 Å². The van der Waals surface area contributed by atoms with E-state index in [2.05, 4.69) is 26.0 Å². The second kappa shape index (κ2) is 10.5. The molecule has 0 aliphatic carbocycles. The number of aromatic nitrogens is 1. The van der Waals surface area contributed by atoms with E-state index in [0.29, 0.717) is 6.42 Å². The molecule has 1 aliphatic heterocycles. The predicted octanol–water partition coefficient (Wildman–Crippen LogP) is 2.13. The van der Waals surface area contributed by atoms with E-state index < -0.39 is 9.84 Å². The molecule has 138 valence electrons. The van der Waals surface area contributed by atoms with Gasteiger partial charge in [0.2, 0.25) is 0 Å². The van der Waals surface area contributed by atoms with Gasteiger partial charge in [-0.15, -0.1) is 35.3 Å². The third-order valence-electron chi connectivity index (χ3n) is 3.65. The van der Waals surface area contributed by atoms with Crippen molar-refractivity contribution in [2.75, 3.05) is 24.6 Å². The van der Waals surface area contributed by atoms with Crippen molar-refractivity contribution in [3.63, 3.8) is 0 Å². The SMILES string of the molecule is CCNC(=NCCCCc1nc(C)cs1)NC1CCS(=O)(=O)C1.I. The van der Waals surface area contributed by atoms with Gasteiger partial charge >= 0.3 is 0 Å². The standard InChI is InChI=1S/C15H26N4O2S2.HI/c1-3-16-15(19-13-7-9-23(20,21)11-13)17-8-5-4-6-14-18-12(2)10-22-14;/h10,13H,3-9,11H2,1-2H3,(H2,16,17,19);1H. The monoisotopic (exact) mass is 486 g/mol. The Morgan fingerprint density at radius 2 is 2.25 bits per heavy atom. The molecule has 0 spiro atoms. The molecule has 2 heterocycles. The number of hydrogen-bond donors (Lipinski definition) is 2. The van der Waals surface area contributed by atoms with Crippen LogP contribution in [0.4, 0.5) is 0 Å². The van der Waals surface area contributed by atoms with Crippen molar-refractivity contribution >= 4 is 51.1 Å². The summed E-state index contributed by atoms with van der Waals surface area (Å²) in [6.07, 6.45) is 3.72. The second-order valence-electron chi connectivity index (χ2n) is 5.84. The normalized spacial score (nSPS) is 19.8. The first kappa shape index (κ1) is 21.6. The highest BCUT2D eigenvalue weighted by Gasteiger charge is 2.28. The summed E-state index contributed by atoms with van der Waals surface area (Å²) in [6.45, 7) is 5.53. The Bertz CT molecular complexity index is 631. The molecular formula is C15H27IN4O2S2. The Labute approximate surface area is 165 Å². The molecule has 1 aliphatic rings. The first-order valence-corrected chi connectivity index (χ1v) is 10.8. The van der Waals surface area contributed by atoms with Crippen molar-refractivity contribution in [1.29, 1.82) is 0 Å². The topological polar surface area (TPSA) is 83.4 Å². The van der Waals surface area contributed by atoms with Crippen molar-refractivity contribution in [3.05, 3.63) is 16.1 Å². The molecule has 1 fully saturated rings. The summed E-state index contributed by atoms with van der Waals surface area (Å²) in [6, 6.07) is -0.0175. The third-order valence-corrected chi connectivity index (χ3v) is 6.45. The summed E-state index contributed by atoms with van der Waals surface area (Å²) in [5, 5.41) is 9.68. The van der Waals surface area contributed by atoms with Gasteiger partial charge in [0.1, 0.15) is 0 Å². The molecule has 0 aromatic carbocycles. The van der Waals surface area contributed by atoms with Gasteiger partial charge in [0.05, 0.1) is 16.5 Å². The number of sulfone groups is 1. The molecule has 2 rings (SSSR count). The fraction of sp³-hybridized carbons (Fsp3) is 0.733. The van der Waals surface area contributed by atoms with E-state index in [4.69, 9.17) is 0 Å². The Morgan fingerprint density at radius 1 is 1.46 bits per heavy atom. The number of unbranched alkanes of at least 4 members (excludes halogenated alkanes) is 1. The number of nitrogens with zero attached hydrogens (tertiary/aromatic N) is 2. The number of rotatable bonds is 7. The maximum absolute atomic E-state index is 11.5. The number of thiazole rings is 1. The number of aryl methyl sites for hydroxylation is 2. The summed E-state index contributed by atoms with van der Waals surface area (Å²) in [4.78, 5) is 9.00. The van der Waals surface area contributed by atoms with Gasteiger partial charge in [-0.05, 0) is 39.5 Å². The zero-order chi connectivity index (χ0) is 16.7. The fourth-order valence-corrected chi connectivity index (χ4v) is 5.01. The Kier molecular flexibility index (Phi) is 9.50. The first-order chi connectivity index (χ1) is 11.0. The smallest absolute Gasteiger partial charge is 0.191 e. The summed E-state index contributed by atoms with van der Waals surface area (Å²) in [7, 11) is -2.86. The number of aliphatic imine (C=N–C) groups is 1. The van der Waals surface area contributed by atoms with Crippen LogP contribution in [0.5, 0.6) is 0 Å². The molecule has 1 aromatic heterocycles. The van der Waals surface area contributed by atoms with Crippen molar-refractivity contribution in [2.45, 2.75) is 45.6 Å². The summed E-state index contributed by atoms with van der Waals surface area (Å²) >= 11 is 1.71. The van der Waals surface area contributed by atoms with Crippen molar-refractivity contribution in [3.8, 4) is 0 Å². The van der Waals surface area contributed by atoms with Gasteiger partial charge in [0, 0.05) is 30.2 Å². The number of nitrogens with one attached hydrogen (secondary N) is 2. The lowest BCUT2D eigenvalue weighted by atomic mass is 10.2. The van der Waals surface area contributed by atoms with Crippen LogP contribution in [0.1, 0.15) is 36.9 Å². The molecule has 2 N–H and O–H groups in total. The van der Waals surface area contributed by atoms with E-state index in [-0.39, 0.29) is 41.5 Å². The van der Waals surface area contributed by atoms with Crippen LogP contribution in [0.15, 0.2) is 10.4 Å². The summed E-state index contributed by atoms with van der Waals surface area (Å²) in [5.41, 5.74) is 1.09. The maximum Gasteiger partial charge on any atom is 0.191 e. The van der Waals surface area contributed by atoms with Crippen LogP contribution in [0.25, 0.3) is 0 Å². The molecule has 1 unspecified atom stereocenters. The minimum absolute atomic E-state index is 0. The lowest BCUT2D eigenvalue weighted by Gasteiger charge is -2.15. The average molecular weight is 486 g/mol. The lowest BCUT2D eigenvalue weighted by molar-refractivity contribution is 0.599. The Balaban J connectivity index is 0.00000288. The van der Waals surface area contributed by atoms with E-state index in [1.807, 2.05) is 13.8 Å². The van der Waals surface area contributed by atoms with Crippen LogP contribution in [-0.4, -0.2) is 50.0 Å². The fourth-order valence-electron chi connectivity index (χ4n) is 2.52. The lowest BCUT2D eigenvalue weighted by Crippen LogP contribution is -2.44. The van der Waals surface area contributed by atoms with Gasteiger partial charge in [-0.2, -0.15) is 0 Å². The van der Waals surface area contributed by atoms with Gasteiger partial charge < -0.3 is 10.6 Å². The number of halogens is 1. The first-order valence-electron chi connectivity index (χ1n) is 8.15. The molecule has 1 aromatic rings. The number of guanidine groups is 1. The quantitative estimate of drug-likeness (QED) is 0.267. The van der Waals surface area contributed by atoms with Gasteiger partial charge in [-0.25, -0.2) is 13.4 Å². The second-order valence-corrected chi connectivity index (χ2v) is 9.02.